The molecule has 1 aliphatic rings. The first-order chi connectivity index (χ1) is 18.2. The highest BCUT2D eigenvalue weighted by molar-refractivity contribution is 6.42. The van der Waals surface area contributed by atoms with Gasteiger partial charge in [-0.05, 0) is 61.4 Å². The second kappa shape index (κ2) is 11.8. The number of halogens is 3. The fourth-order valence-corrected chi connectivity index (χ4v) is 4.75. The van der Waals surface area contributed by atoms with Crippen molar-refractivity contribution in [3.63, 3.8) is 0 Å². The lowest BCUT2D eigenvalue weighted by molar-refractivity contribution is -0.140. The average Bonchev–Trinajstić information content (AvgIpc) is 2.89. The van der Waals surface area contributed by atoms with Crippen molar-refractivity contribution in [3.05, 3.63) is 111 Å². The van der Waals surface area contributed by atoms with E-state index in [1.807, 2.05) is 0 Å². The second-order valence-electron chi connectivity index (χ2n) is 8.76. The number of nitrogens with zero attached hydrogens (tertiary/aromatic N) is 1. The molecule has 2 amide bonds. The van der Waals surface area contributed by atoms with Gasteiger partial charge < -0.3 is 15.0 Å². The van der Waals surface area contributed by atoms with E-state index in [0.29, 0.717) is 38.0 Å². The van der Waals surface area contributed by atoms with Gasteiger partial charge in [0.05, 0.1) is 34.5 Å². The SMILES string of the molecule is CCOC(=O)C1=C(C)N(Cc2cccc(C(=O)Nc3ccccc3F)c2)C(=O)CC1c1ccc(Cl)c(Cl)c1. The summed E-state index contributed by atoms with van der Waals surface area (Å²) in [7, 11) is 0. The Morgan fingerprint density at radius 3 is 2.53 bits per heavy atom. The van der Waals surface area contributed by atoms with Gasteiger partial charge in [0.25, 0.3) is 5.91 Å². The molecule has 1 heterocycles. The minimum Gasteiger partial charge on any atom is -0.463 e. The van der Waals surface area contributed by atoms with Gasteiger partial charge in [0.2, 0.25) is 5.91 Å². The summed E-state index contributed by atoms with van der Waals surface area (Å²) in [5.41, 5.74) is 2.53. The Kier molecular flexibility index (Phi) is 8.49. The van der Waals surface area contributed by atoms with Crippen LogP contribution in [0, 0.1) is 5.82 Å². The molecule has 3 aromatic carbocycles. The van der Waals surface area contributed by atoms with Gasteiger partial charge in [-0.1, -0.05) is 53.5 Å². The lowest BCUT2D eigenvalue weighted by Crippen LogP contribution is -2.38. The van der Waals surface area contributed by atoms with E-state index in [4.69, 9.17) is 27.9 Å². The number of amides is 2. The normalized spacial score (nSPS) is 15.4. The Bertz CT molecular complexity index is 1440. The van der Waals surface area contributed by atoms with Gasteiger partial charge in [-0.2, -0.15) is 0 Å². The van der Waals surface area contributed by atoms with Crippen molar-refractivity contribution < 1.29 is 23.5 Å². The van der Waals surface area contributed by atoms with Gasteiger partial charge in [-0.3, -0.25) is 9.59 Å². The van der Waals surface area contributed by atoms with Crippen LogP contribution < -0.4 is 5.32 Å². The van der Waals surface area contributed by atoms with Crippen molar-refractivity contribution in [2.45, 2.75) is 32.7 Å². The average molecular weight is 555 g/mol. The van der Waals surface area contributed by atoms with Crippen LogP contribution in [0.2, 0.25) is 10.0 Å². The smallest absolute Gasteiger partial charge is 0.336 e. The summed E-state index contributed by atoms with van der Waals surface area (Å²) in [5, 5.41) is 3.25. The van der Waals surface area contributed by atoms with Crippen molar-refractivity contribution in [1.82, 2.24) is 4.90 Å². The highest BCUT2D eigenvalue weighted by atomic mass is 35.5. The number of carbonyl (C=O) groups excluding carboxylic acids is 3. The van der Waals surface area contributed by atoms with Crippen LogP contribution in [0.4, 0.5) is 10.1 Å². The van der Waals surface area contributed by atoms with Crippen LogP contribution in [0.1, 0.15) is 47.7 Å². The number of para-hydroxylation sites is 1. The lowest BCUT2D eigenvalue weighted by Gasteiger charge is -2.34. The Morgan fingerprint density at radius 2 is 1.82 bits per heavy atom. The Morgan fingerprint density at radius 1 is 1.05 bits per heavy atom. The maximum absolute atomic E-state index is 14.0. The monoisotopic (exact) mass is 554 g/mol. The summed E-state index contributed by atoms with van der Waals surface area (Å²) in [4.78, 5) is 40.6. The number of hydrogen-bond acceptors (Lipinski definition) is 4. The standard InChI is InChI=1S/C29H25Cl2FN2O4/c1-3-38-29(37)27-17(2)34(26(35)15-21(27)19-11-12-22(30)23(31)14-19)16-18-7-6-8-20(13-18)28(36)33-25-10-5-4-9-24(25)32/h4-14,21H,3,15-16H2,1-2H3,(H,33,36). The molecule has 4 rings (SSSR count). The van der Waals surface area contributed by atoms with Crippen LogP contribution in [0.3, 0.4) is 0 Å². The van der Waals surface area contributed by atoms with Crippen LogP contribution in [-0.2, 0) is 20.9 Å². The Labute approximate surface area is 230 Å². The van der Waals surface area contributed by atoms with E-state index in [-0.39, 0.29) is 31.2 Å². The molecule has 1 unspecified atom stereocenters. The summed E-state index contributed by atoms with van der Waals surface area (Å²) >= 11 is 12.3. The largest absolute Gasteiger partial charge is 0.463 e. The number of allylic oxidation sites excluding steroid dienone is 1. The number of esters is 1. The topological polar surface area (TPSA) is 75.7 Å². The van der Waals surface area contributed by atoms with E-state index in [1.165, 1.54) is 23.1 Å². The highest BCUT2D eigenvalue weighted by Gasteiger charge is 2.37. The molecular formula is C29H25Cl2FN2O4. The Hall–Kier alpha value is -3.68. The first-order valence-corrected chi connectivity index (χ1v) is 12.7. The van der Waals surface area contributed by atoms with E-state index in [9.17, 15) is 18.8 Å². The van der Waals surface area contributed by atoms with Crippen LogP contribution in [-0.4, -0.2) is 29.3 Å². The fourth-order valence-electron chi connectivity index (χ4n) is 4.44. The third-order valence-corrected chi connectivity index (χ3v) is 7.06. The molecule has 0 spiro atoms. The highest BCUT2D eigenvalue weighted by Crippen LogP contribution is 2.39. The lowest BCUT2D eigenvalue weighted by atomic mass is 9.83. The molecule has 0 radical (unpaired) electrons. The second-order valence-corrected chi connectivity index (χ2v) is 9.58. The quantitative estimate of drug-likeness (QED) is 0.328. The first kappa shape index (κ1) is 27.4. The predicted molar refractivity (Wildman–Crippen MR) is 144 cm³/mol. The van der Waals surface area contributed by atoms with Gasteiger partial charge in [0, 0.05) is 23.6 Å². The summed E-state index contributed by atoms with van der Waals surface area (Å²) in [6, 6.07) is 17.6. The molecule has 1 aliphatic heterocycles. The molecule has 0 aliphatic carbocycles. The third kappa shape index (κ3) is 5.90. The molecule has 6 nitrogen and oxygen atoms in total. The molecule has 0 saturated carbocycles. The number of anilines is 1. The van der Waals surface area contributed by atoms with E-state index >= 15 is 0 Å². The van der Waals surface area contributed by atoms with Crippen LogP contribution >= 0.6 is 23.2 Å². The maximum atomic E-state index is 14.0. The molecule has 0 fully saturated rings. The zero-order valence-corrected chi connectivity index (χ0v) is 22.3. The van der Waals surface area contributed by atoms with Crippen molar-refractivity contribution in [3.8, 4) is 0 Å². The number of rotatable bonds is 7. The van der Waals surface area contributed by atoms with Gasteiger partial charge in [0.1, 0.15) is 5.82 Å². The molecule has 38 heavy (non-hydrogen) atoms. The summed E-state index contributed by atoms with van der Waals surface area (Å²) in [6.45, 7) is 3.72. The third-order valence-electron chi connectivity index (χ3n) is 6.32. The minimum absolute atomic E-state index is 0.0247. The van der Waals surface area contributed by atoms with Crippen molar-refractivity contribution in [2.75, 3.05) is 11.9 Å². The van der Waals surface area contributed by atoms with Crippen LogP contribution in [0.25, 0.3) is 0 Å². The Balaban J connectivity index is 1.64. The van der Waals surface area contributed by atoms with Crippen molar-refractivity contribution in [1.29, 1.82) is 0 Å². The van der Waals surface area contributed by atoms with Gasteiger partial charge >= 0.3 is 5.97 Å². The molecule has 1 N–H and O–H groups in total. The number of carbonyl (C=O) groups is 3. The predicted octanol–water partition coefficient (Wildman–Crippen LogP) is 6.74. The zero-order chi connectivity index (χ0) is 27.4. The van der Waals surface area contributed by atoms with Gasteiger partial charge in [0.15, 0.2) is 0 Å². The number of hydrogen-bond donors (Lipinski definition) is 1. The van der Waals surface area contributed by atoms with Gasteiger partial charge in [-0.25, -0.2) is 9.18 Å². The van der Waals surface area contributed by atoms with Gasteiger partial charge in [-0.15, -0.1) is 0 Å². The fraction of sp³-hybridized carbons (Fsp3) is 0.207. The van der Waals surface area contributed by atoms with Crippen molar-refractivity contribution >= 4 is 46.7 Å². The summed E-state index contributed by atoms with van der Waals surface area (Å²) in [6.07, 6.45) is 0.0247. The minimum atomic E-state index is -0.551. The van der Waals surface area contributed by atoms with Crippen molar-refractivity contribution in [2.24, 2.45) is 0 Å². The van der Waals surface area contributed by atoms with Crippen LogP contribution in [0.5, 0.6) is 0 Å². The van der Waals surface area contributed by atoms with E-state index in [0.717, 1.165) is 0 Å². The molecule has 0 saturated heterocycles. The summed E-state index contributed by atoms with van der Waals surface area (Å²) in [5.74, 6) is -2.30. The van der Waals surface area contributed by atoms with Crippen LogP contribution in [0.15, 0.2) is 78.0 Å². The molecule has 1 atom stereocenters. The number of ether oxygens (including phenoxy) is 1. The summed E-state index contributed by atoms with van der Waals surface area (Å²) < 4.78 is 19.3. The zero-order valence-electron chi connectivity index (χ0n) is 20.8. The van der Waals surface area contributed by atoms with E-state index in [2.05, 4.69) is 5.32 Å². The first-order valence-electron chi connectivity index (χ1n) is 12.0. The number of benzene rings is 3. The molecule has 3 aromatic rings. The molecule has 0 bridgehead atoms. The number of nitrogens with one attached hydrogen (secondary N) is 1. The molecule has 0 aromatic heterocycles. The van der Waals surface area contributed by atoms with E-state index in [1.54, 1.807) is 62.4 Å². The molecule has 196 valence electrons. The molecular weight excluding hydrogens is 530 g/mol. The molecule has 9 heteroatoms. The van der Waals surface area contributed by atoms with E-state index < -0.39 is 23.6 Å². The maximum Gasteiger partial charge on any atom is 0.336 e.